The van der Waals surface area contributed by atoms with Crippen LogP contribution < -0.4 is 4.90 Å². The van der Waals surface area contributed by atoms with Gasteiger partial charge in [0.15, 0.2) is 0 Å². The first-order chi connectivity index (χ1) is 7.77. The van der Waals surface area contributed by atoms with Crippen LogP contribution in [0.15, 0.2) is 60.8 Å². The van der Waals surface area contributed by atoms with Gasteiger partial charge in [-0.1, -0.05) is 36.6 Å². The molecule has 1 heteroatoms. The Morgan fingerprint density at radius 3 is 2.81 bits per heavy atom. The maximum atomic E-state index is 3.87. The van der Waals surface area contributed by atoms with E-state index >= 15 is 0 Å². The molecule has 0 aromatic heterocycles. The van der Waals surface area contributed by atoms with Crippen LogP contribution in [0.3, 0.4) is 0 Å². The third kappa shape index (κ3) is 2.24. The molecular formula is C15H13N. The molecule has 0 N–H and O–H groups in total. The summed E-state index contributed by atoms with van der Waals surface area (Å²) in [6.07, 6.45) is 7.84. The molecule has 1 aromatic carbocycles. The second-order valence-corrected chi connectivity index (χ2v) is 3.60. The van der Waals surface area contributed by atoms with Gasteiger partial charge in [-0.15, -0.1) is 0 Å². The lowest BCUT2D eigenvalue weighted by Gasteiger charge is -2.15. The average molecular weight is 207 g/mol. The highest BCUT2D eigenvalue weighted by Gasteiger charge is 2.02. The van der Waals surface area contributed by atoms with E-state index in [1.165, 1.54) is 0 Å². The van der Waals surface area contributed by atoms with E-state index < -0.39 is 0 Å². The van der Waals surface area contributed by atoms with Crippen molar-refractivity contribution in [3.63, 3.8) is 0 Å². The van der Waals surface area contributed by atoms with Gasteiger partial charge in [0, 0.05) is 24.4 Å². The first-order valence-corrected chi connectivity index (χ1v) is 5.15. The fourth-order valence-electron chi connectivity index (χ4n) is 1.51. The summed E-state index contributed by atoms with van der Waals surface area (Å²) >= 11 is 0. The molecule has 0 fully saturated rings. The summed E-state index contributed by atoms with van der Waals surface area (Å²) in [5.74, 6) is 6.17. The third-order valence-electron chi connectivity index (χ3n) is 2.36. The van der Waals surface area contributed by atoms with Crippen LogP contribution in [0.25, 0.3) is 0 Å². The fourth-order valence-corrected chi connectivity index (χ4v) is 1.51. The summed E-state index contributed by atoms with van der Waals surface area (Å²) in [5.41, 5.74) is 2.95. The van der Waals surface area contributed by atoms with Crippen molar-refractivity contribution in [2.45, 2.75) is 0 Å². The Kier molecular flexibility index (Phi) is 2.93. The van der Waals surface area contributed by atoms with Crippen molar-refractivity contribution in [2.24, 2.45) is 0 Å². The molecule has 0 spiro atoms. The summed E-state index contributed by atoms with van der Waals surface area (Å²) in [5, 5.41) is 0. The van der Waals surface area contributed by atoms with Crippen molar-refractivity contribution in [3.8, 4) is 11.8 Å². The zero-order valence-corrected chi connectivity index (χ0v) is 9.27. The van der Waals surface area contributed by atoms with Crippen molar-refractivity contribution in [2.75, 3.05) is 11.9 Å². The van der Waals surface area contributed by atoms with E-state index in [0.29, 0.717) is 0 Å². The maximum absolute atomic E-state index is 3.87. The van der Waals surface area contributed by atoms with Crippen LogP contribution in [0.1, 0.15) is 5.56 Å². The van der Waals surface area contributed by atoms with Crippen molar-refractivity contribution >= 4 is 5.69 Å². The van der Waals surface area contributed by atoms with Gasteiger partial charge in [0.1, 0.15) is 0 Å². The lowest BCUT2D eigenvalue weighted by Crippen LogP contribution is -2.09. The van der Waals surface area contributed by atoms with Crippen molar-refractivity contribution in [1.29, 1.82) is 0 Å². The van der Waals surface area contributed by atoms with Gasteiger partial charge >= 0.3 is 0 Å². The number of hydrogen-bond donors (Lipinski definition) is 0. The zero-order chi connectivity index (χ0) is 11.4. The molecule has 0 bridgehead atoms. The number of fused-ring (bicyclic) bond motifs is 1. The predicted molar refractivity (Wildman–Crippen MR) is 69.1 cm³/mol. The molecule has 16 heavy (non-hydrogen) atoms. The molecule has 0 aliphatic carbocycles. The Labute approximate surface area is 96.4 Å². The molecule has 1 aliphatic heterocycles. The molecule has 0 amide bonds. The van der Waals surface area contributed by atoms with Crippen LogP contribution in [0, 0.1) is 11.8 Å². The number of anilines is 1. The highest BCUT2D eigenvalue weighted by atomic mass is 15.1. The molecule has 0 unspecified atom stereocenters. The molecule has 1 nitrogen and oxygen atoms in total. The SMILES string of the molecule is C=C1C#Cc2ccccc2N(C)/C=C\C=C/1. The second-order valence-electron chi connectivity index (χ2n) is 3.60. The van der Waals surface area contributed by atoms with Gasteiger partial charge in [0.05, 0.1) is 5.69 Å². The number of rotatable bonds is 0. The Hall–Kier alpha value is -2.20. The number of hydrogen-bond acceptors (Lipinski definition) is 1. The van der Waals surface area contributed by atoms with Crippen molar-refractivity contribution < 1.29 is 0 Å². The predicted octanol–water partition coefficient (Wildman–Crippen LogP) is 3.11. The van der Waals surface area contributed by atoms with Gasteiger partial charge in [0.25, 0.3) is 0 Å². The van der Waals surface area contributed by atoms with Crippen molar-refractivity contribution in [1.82, 2.24) is 0 Å². The highest BCUT2D eigenvalue weighted by Crippen LogP contribution is 2.18. The lowest BCUT2D eigenvalue weighted by molar-refractivity contribution is 1.20. The quantitative estimate of drug-likeness (QED) is 0.591. The Balaban J connectivity index is 2.54. The van der Waals surface area contributed by atoms with Crippen molar-refractivity contribution in [3.05, 3.63) is 66.4 Å². The summed E-state index contributed by atoms with van der Waals surface area (Å²) in [4.78, 5) is 2.06. The molecule has 0 atom stereocenters. The van der Waals surface area contributed by atoms with E-state index in [1.807, 2.05) is 49.7 Å². The molecule has 0 saturated carbocycles. The summed E-state index contributed by atoms with van der Waals surface area (Å²) in [6, 6.07) is 8.09. The van der Waals surface area contributed by atoms with E-state index in [2.05, 4.69) is 29.4 Å². The minimum absolute atomic E-state index is 0.823. The van der Waals surface area contributed by atoms with Crippen LogP contribution >= 0.6 is 0 Å². The normalized spacial score (nSPS) is 18.1. The number of para-hydroxylation sites is 1. The zero-order valence-electron chi connectivity index (χ0n) is 9.27. The Bertz CT molecular complexity index is 524. The van der Waals surface area contributed by atoms with Crippen LogP contribution in [-0.2, 0) is 0 Å². The first-order valence-electron chi connectivity index (χ1n) is 5.15. The molecule has 2 rings (SSSR count). The van der Waals surface area contributed by atoms with Crippen LogP contribution in [0.5, 0.6) is 0 Å². The summed E-state index contributed by atoms with van der Waals surface area (Å²) < 4.78 is 0. The molecule has 0 radical (unpaired) electrons. The standard InChI is InChI=1S/C15H13N/c1-13-7-5-6-12-16(2)15-9-4-3-8-14(15)11-10-13/h3-9,12H,1H2,2H3/b7-5-,12-6-. The Morgan fingerprint density at radius 2 is 1.94 bits per heavy atom. The van der Waals surface area contributed by atoms with Gasteiger partial charge in [-0.25, -0.2) is 0 Å². The maximum Gasteiger partial charge on any atom is 0.0562 e. The van der Waals surface area contributed by atoms with E-state index in [4.69, 9.17) is 0 Å². The topological polar surface area (TPSA) is 3.24 Å². The van der Waals surface area contributed by atoms with Gasteiger partial charge in [-0.2, -0.15) is 0 Å². The smallest absolute Gasteiger partial charge is 0.0562 e. The number of allylic oxidation sites excluding steroid dienone is 4. The minimum atomic E-state index is 0.823. The monoisotopic (exact) mass is 207 g/mol. The van der Waals surface area contributed by atoms with E-state index in [-0.39, 0.29) is 0 Å². The molecule has 1 aliphatic rings. The van der Waals surface area contributed by atoms with E-state index in [1.54, 1.807) is 0 Å². The highest BCUT2D eigenvalue weighted by molar-refractivity contribution is 5.63. The molecule has 78 valence electrons. The third-order valence-corrected chi connectivity index (χ3v) is 2.36. The van der Waals surface area contributed by atoms with Crippen LogP contribution in [-0.4, -0.2) is 7.05 Å². The van der Waals surface area contributed by atoms with Crippen LogP contribution in [0.4, 0.5) is 5.69 Å². The lowest BCUT2D eigenvalue weighted by atomic mass is 10.1. The van der Waals surface area contributed by atoms with E-state index in [0.717, 1.165) is 16.8 Å². The first kappa shape index (κ1) is 10.3. The minimum Gasteiger partial charge on any atom is -0.350 e. The summed E-state index contributed by atoms with van der Waals surface area (Å²) in [6.45, 7) is 3.87. The number of benzene rings is 1. The van der Waals surface area contributed by atoms with Gasteiger partial charge in [0.2, 0.25) is 0 Å². The second kappa shape index (κ2) is 4.55. The summed E-state index contributed by atoms with van der Waals surface area (Å²) in [7, 11) is 2.02. The average Bonchev–Trinajstić information content (AvgIpc) is 2.31. The number of nitrogens with zero attached hydrogens (tertiary/aromatic N) is 1. The largest absolute Gasteiger partial charge is 0.350 e. The molecule has 0 saturated heterocycles. The fraction of sp³-hybridized carbons (Fsp3) is 0.0667. The van der Waals surface area contributed by atoms with Crippen LogP contribution in [0.2, 0.25) is 0 Å². The molecule has 1 heterocycles. The van der Waals surface area contributed by atoms with Gasteiger partial charge in [-0.05, 0) is 24.3 Å². The van der Waals surface area contributed by atoms with Gasteiger partial charge in [-0.3, -0.25) is 0 Å². The van der Waals surface area contributed by atoms with E-state index in [9.17, 15) is 0 Å². The molecular weight excluding hydrogens is 194 g/mol. The van der Waals surface area contributed by atoms with Gasteiger partial charge < -0.3 is 4.90 Å². The molecule has 1 aromatic rings. The Morgan fingerprint density at radius 1 is 1.12 bits per heavy atom.